The van der Waals surface area contributed by atoms with Gasteiger partial charge >= 0.3 is 40.7 Å². The zero-order chi connectivity index (χ0) is 44.5. The molecule has 65 heavy (non-hydrogen) atoms. The second kappa shape index (κ2) is 18.6. The molecule has 0 saturated carbocycles. The largest absolute Gasteiger partial charge is 3.00 e. The number of carbonyl (C=O) groups is 4. The average Bonchev–Trinajstić information content (AvgIpc) is 4.20. The number of rotatable bonds is 8. The Hall–Kier alpha value is -7.61. The Balaban J connectivity index is 0.00000576. The Bertz CT molecular complexity index is 2920. The van der Waals surface area contributed by atoms with Crippen LogP contribution < -0.4 is 4.98 Å². The van der Waals surface area contributed by atoms with Crippen LogP contribution in [0.2, 0.25) is 0 Å². The summed E-state index contributed by atoms with van der Waals surface area (Å²) in [4.78, 5) is 66.0. The van der Waals surface area contributed by atoms with Crippen LogP contribution in [0.15, 0.2) is 167 Å². The van der Waals surface area contributed by atoms with Crippen molar-refractivity contribution in [2.75, 3.05) is 28.4 Å². The fourth-order valence-corrected chi connectivity index (χ4v) is 8.53. The maximum Gasteiger partial charge on any atom is 3.00 e. The van der Waals surface area contributed by atoms with Crippen LogP contribution in [-0.2, 0) is 35.7 Å². The van der Waals surface area contributed by atoms with E-state index in [1.165, 1.54) is 28.4 Å². The van der Waals surface area contributed by atoms with Crippen LogP contribution in [-0.4, -0.2) is 75.8 Å². The number of fused-ring (bicyclic) bond motifs is 6. The quantitative estimate of drug-likeness (QED) is 0.110. The van der Waals surface area contributed by atoms with Crippen molar-refractivity contribution in [1.82, 2.24) is 4.98 Å². The molecule has 324 valence electrons. The standard InChI is InChI=1S/C52H41N4O8.Co/c1-61-49(57)33-13-5-29(6-14-33)45-37-21-23-39(53-37)46(30-7-15-34(16-8-30)50(58)62-2)41-25-27-43(55-41)48(32-11-19-36(20-12-32)52(60)64-4)44-28-26-42(56-44)47(40-24-22-38(45)54-40)31-9-17-35(18-10-31)51(59)63-3;/h5-28,37,43,45,48H,1-4H3,(H-,53,54,55,56,58);/q-1;+3/p-1. The summed E-state index contributed by atoms with van der Waals surface area (Å²) in [5.41, 5.74) is 10.6. The molecule has 5 aromatic rings. The van der Waals surface area contributed by atoms with Crippen LogP contribution in [0.4, 0.5) is 0 Å². The van der Waals surface area contributed by atoms with E-state index >= 15 is 0 Å². The number of benzene rings is 4. The van der Waals surface area contributed by atoms with Gasteiger partial charge in [-0.3, -0.25) is 9.98 Å². The molecule has 4 atom stereocenters. The van der Waals surface area contributed by atoms with E-state index < -0.39 is 47.8 Å². The Morgan fingerprint density at radius 3 is 1.54 bits per heavy atom. The van der Waals surface area contributed by atoms with Crippen molar-refractivity contribution >= 4 is 46.4 Å². The van der Waals surface area contributed by atoms with E-state index in [-0.39, 0.29) is 16.8 Å². The summed E-state index contributed by atoms with van der Waals surface area (Å²) in [6.07, 6.45) is 12.0. The van der Waals surface area contributed by atoms with Gasteiger partial charge in [0.05, 0.1) is 68.1 Å². The maximum absolute atomic E-state index is 12.5. The van der Waals surface area contributed by atoms with Crippen molar-refractivity contribution in [3.05, 3.63) is 218 Å². The predicted molar refractivity (Wildman–Crippen MR) is 242 cm³/mol. The zero-order valence-corrected chi connectivity index (χ0v) is 36.6. The van der Waals surface area contributed by atoms with Gasteiger partial charge in [-0.1, -0.05) is 84.9 Å². The topological polar surface area (TPSA) is 158 Å². The zero-order valence-electron chi connectivity index (χ0n) is 35.6. The number of hydrogen-bond donors (Lipinski definition) is 0. The summed E-state index contributed by atoms with van der Waals surface area (Å²) in [6.45, 7) is 0. The number of esters is 4. The third kappa shape index (κ3) is 8.46. The van der Waals surface area contributed by atoms with Gasteiger partial charge in [0.2, 0.25) is 0 Å². The molecule has 4 aliphatic rings. The third-order valence-electron chi connectivity index (χ3n) is 11.7. The molecule has 0 radical (unpaired) electrons. The number of aliphatic imine (C=N–C) groups is 2. The van der Waals surface area contributed by atoms with Gasteiger partial charge in [0.1, 0.15) is 0 Å². The van der Waals surface area contributed by atoms with E-state index in [1.54, 1.807) is 48.5 Å². The second-order valence-corrected chi connectivity index (χ2v) is 15.3. The van der Waals surface area contributed by atoms with Gasteiger partial charge in [-0.2, -0.15) is 0 Å². The van der Waals surface area contributed by atoms with Crippen molar-refractivity contribution in [3.8, 4) is 0 Å². The van der Waals surface area contributed by atoms with E-state index in [2.05, 4.69) is 0 Å². The summed E-state index contributed by atoms with van der Waals surface area (Å²) in [5, 5.41) is 5.39. The molecule has 8 bridgehead atoms. The number of hydrogen-bond acceptors (Lipinski definition) is 10. The fraction of sp³-hybridized carbons (Fsp3) is 0.154. The van der Waals surface area contributed by atoms with Crippen LogP contribution in [0, 0.1) is 0 Å². The Labute approximate surface area is 385 Å². The van der Waals surface area contributed by atoms with E-state index in [9.17, 15) is 19.2 Å². The summed E-state index contributed by atoms with van der Waals surface area (Å²) in [6, 6.07) is 31.9. The number of methoxy groups -OCH3 is 4. The van der Waals surface area contributed by atoms with E-state index in [1.807, 2.05) is 97.1 Å². The fourth-order valence-electron chi connectivity index (χ4n) is 8.53. The minimum absolute atomic E-state index is 0. The van der Waals surface area contributed by atoms with Crippen LogP contribution >= 0.6 is 0 Å². The van der Waals surface area contributed by atoms with Gasteiger partial charge in [-0.15, -0.1) is 17.1 Å². The van der Waals surface area contributed by atoms with Crippen molar-refractivity contribution < 1.29 is 54.9 Å². The van der Waals surface area contributed by atoms with Crippen molar-refractivity contribution in [1.29, 1.82) is 0 Å². The smallest absolute Gasteiger partial charge is 0.677 e. The van der Waals surface area contributed by atoms with Crippen molar-refractivity contribution in [2.45, 2.75) is 23.9 Å². The van der Waals surface area contributed by atoms with Gasteiger partial charge in [0, 0.05) is 17.5 Å². The molecule has 0 amide bonds. The first-order chi connectivity index (χ1) is 31.2. The first-order valence-electron chi connectivity index (χ1n) is 20.5. The van der Waals surface area contributed by atoms with Crippen molar-refractivity contribution in [3.63, 3.8) is 0 Å². The number of aromatic nitrogens is 1. The first-order valence-corrected chi connectivity index (χ1v) is 20.5. The molecule has 5 heterocycles. The van der Waals surface area contributed by atoms with E-state index in [4.69, 9.17) is 39.2 Å². The molecule has 4 aliphatic heterocycles. The van der Waals surface area contributed by atoms with E-state index in [0.29, 0.717) is 45.1 Å². The molecule has 0 N–H and O–H groups in total. The molecule has 4 aromatic carbocycles. The van der Waals surface area contributed by atoms with Gasteiger partial charge in [0.15, 0.2) is 0 Å². The van der Waals surface area contributed by atoms with Gasteiger partial charge in [-0.05, 0) is 100 Å². The Morgan fingerprint density at radius 2 is 1.02 bits per heavy atom. The number of ether oxygens (including phenoxy) is 4. The SMILES string of the molecule is COC(=O)c1ccc(/C2=C3\C=CC([N-]3)C(c3ccc(C(=O)OC)cc3)C3=N/C(=C(/c4ccc(C(=O)OC)cc4)c4ccc([n-]4)C(c4ccc(C(=O)OC)cc4)C4C=CC2=N4)C=C3)cc1.[Co+3]. The second-order valence-electron chi connectivity index (χ2n) is 15.3. The number of carbonyl (C=O) groups excluding carboxylic acids is 4. The van der Waals surface area contributed by atoms with Gasteiger partial charge < -0.3 is 29.2 Å². The summed E-state index contributed by atoms with van der Waals surface area (Å²) in [5.74, 6) is -2.59. The predicted octanol–water partition coefficient (Wildman–Crippen LogP) is 8.59. The van der Waals surface area contributed by atoms with Crippen LogP contribution in [0.3, 0.4) is 0 Å². The van der Waals surface area contributed by atoms with E-state index in [0.717, 1.165) is 44.8 Å². The molecule has 0 spiro atoms. The number of allylic oxidation sites excluding steroid dienone is 5. The Kier molecular flexibility index (Phi) is 12.6. The maximum atomic E-state index is 12.5. The van der Waals surface area contributed by atoms with Crippen molar-refractivity contribution in [2.24, 2.45) is 9.98 Å². The minimum Gasteiger partial charge on any atom is -0.677 e. The summed E-state index contributed by atoms with van der Waals surface area (Å²) >= 11 is 0. The van der Waals surface area contributed by atoms with Crippen LogP contribution in [0.1, 0.15) is 86.9 Å². The molecule has 9 rings (SSSR count). The van der Waals surface area contributed by atoms with Crippen LogP contribution in [0.5, 0.6) is 0 Å². The first kappa shape index (κ1) is 44.0. The molecule has 0 aliphatic carbocycles. The monoisotopic (exact) mass is 907 g/mol. The molecule has 12 nitrogen and oxygen atoms in total. The summed E-state index contributed by atoms with van der Waals surface area (Å²) in [7, 11) is 5.39. The van der Waals surface area contributed by atoms with Crippen LogP contribution in [0.25, 0.3) is 16.5 Å². The molecule has 1 aromatic heterocycles. The molecule has 4 unspecified atom stereocenters. The Morgan fingerprint density at radius 1 is 0.523 bits per heavy atom. The summed E-state index contributed by atoms with van der Waals surface area (Å²) < 4.78 is 20.0. The molecular weight excluding hydrogens is 868 g/mol. The molecule has 13 heteroatoms. The minimum atomic E-state index is -0.452. The number of nitrogens with zero attached hydrogens (tertiary/aromatic N) is 4. The molecule has 0 fully saturated rings. The van der Waals surface area contributed by atoms with Gasteiger partial charge in [0.25, 0.3) is 0 Å². The average molecular weight is 908 g/mol. The molecular formula is C52H40CoN4O8+. The normalized spacial score (nSPS) is 21.4. The molecule has 0 saturated heterocycles. The van der Waals surface area contributed by atoms with Gasteiger partial charge in [-0.25, -0.2) is 19.2 Å². The third-order valence-corrected chi connectivity index (χ3v) is 11.7.